The highest BCUT2D eigenvalue weighted by molar-refractivity contribution is 6.43. The van der Waals surface area contributed by atoms with Crippen molar-refractivity contribution in [3.8, 4) is 0 Å². The number of hydrogen-bond acceptors (Lipinski definition) is 1. The summed E-state index contributed by atoms with van der Waals surface area (Å²) in [4.78, 5) is 12.0. The van der Waals surface area contributed by atoms with Gasteiger partial charge in [-0.15, -0.1) is 0 Å². The standard InChI is InChI=1S/C15H11Cl2FO/c16-13-6-2-5-12(15(13)17)14(19)8-7-10-3-1-4-11(18)9-10/h1-6,9H,7-8H2. The van der Waals surface area contributed by atoms with E-state index in [2.05, 4.69) is 0 Å². The number of carbonyl (C=O) groups excluding carboxylic acids is 1. The zero-order valence-electron chi connectivity index (χ0n) is 10.00. The van der Waals surface area contributed by atoms with E-state index in [1.54, 1.807) is 30.3 Å². The molecule has 19 heavy (non-hydrogen) atoms. The van der Waals surface area contributed by atoms with Gasteiger partial charge in [0.25, 0.3) is 0 Å². The molecular formula is C15H11Cl2FO. The van der Waals surface area contributed by atoms with Gasteiger partial charge in [-0.1, -0.05) is 41.4 Å². The fraction of sp³-hybridized carbons (Fsp3) is 0.133. The lowest BCUT2D eigenvalue weighted by molar-refractivity contribution is 0.0983. The number of hydrogen-bond donors (Lipinski definition) is 0. The van der Waals surface area contributed by atoms with Crippen LogP contribution < -0.4 is 0 Å². The van der Waals surface area contributed by atoms with Gasteiger partial charge in [0, 0.05) is 12.0 Å². The van der Waals surface area contributed by atoms with E-state index in [9.17, 15) is 9.18 Å². The van der Waals surface area contributed by atoms with Crippen LogP contribution in [-0.4, -0.2) is 5.78 Å². The predicted octanol–water partition coefficient (Wildman–Crippen LogP) is 4.95. The number of halogens is 3. The second-order valence-electron chi connectivity index (χ2n) is 4.15. The van der Waals surface area contributed by atoms with Gasteiger partial charge >= 0.3 is 0 Å². The summed E-state index contributed by atoms with van der Waals surface area (Å²) in [7, 11) is 0. The molecule has 2 aromatic carbocycles. The molecule has 0 bridgehead atoms. The zero-order valence-corrected chi connectivity index (χ0v) is 11.5. The molecule has 1 nitrogen and oxygen atoms in total. The van der Waals surface area contributed by atoms with E-state index in [1.807, 2.05) is 0 Å². The second kappa shape index (κ2) is 6.18. The molecule has 0 heterocycles. The molecule has 2 rings (SSSR count). The maximum atomic E-state index is 13.0. The van der Waals surface area contributed by atoms with Crippen LogP contribution in [0.5, 0.6) is 0 Å². The first-order chi connectivity index (χ1) is 9.08. The van der Waals surface area contributed by atoms with Crippen molar-refractivity contribution in [1.29, 1.82) is 0 Å². The molecule has 98 valence electrons. The average Bonchev–Trinajstić information content (AvgIpc) is 2.39. The topological polar surface area (TPSA) is 17.1 Å². The van der Waals surface area contributed by atoms with Gasteiger partial charge in [-0.2, -0.15) is 0 Å². The van der Waals surface area contributed by atoms with E-state index in [1.165, 1.54) is 12.1 Å². The minimum Gasteiger partial charge on any atom is -0.294 e. The lowest BCUT2D eigenvalue weighted by Crippen LogP contribution is -2.02. The minimum atomic E-state index is -0.300. The molecule has 0 aliphatic rings. The molecular weight excluding hydrogens is 286 g/mol. The Morgan fingerprint density at radius 3 is 2.58 bits per heavy atom. The molecule has 0 aliphatic heterocycles. The first-order valence-corrected chi connectivity index (χ1v) is 6.55. The number of rotatable bonds is 4. The van der Waals surface area contributed by atoms with Gasteiger partial charge in [-0.25, -0.2) is 4.39 Å². The van der Waals surface area contributed by atoms with E-state index < -0.39 is 0 Å². The summed E-state index contributed by atoms with van der Waals surface area (Å²) in [6.07, 6.45) is 0.739. The van der Waals surface area contributed by atoms with Crippen LogP contribution in [0, 0.1) is 5.82 Å². The third kappa shape index (κ3) is 3.55. The summed E-state index contributed by atoms with van der Waals surface area (Å²) in [5, 5.41) is 0.631. The summed E-state index contributed by atoms with van der Waals surface area (Å²) >= 11 is 11.8. The van der Waals surface area contributed by atoms with Crippen LogP contribution in [-0.2, 0) is 6.42 Å². The van der Waals surface area contributed by atoms with E-state index in [0.29, 0.717) is 17.0 Å². The van der Waals surface area contributed by atoms with Gasteiger partial charge in [0.05, 0.1) is 10.0 Å². The van der Waals surface area contributed by atoms with Gasteiger partial charge < -0.3 is 0 Å². The SMILES string of the molecule is O=C(CCc1cccc(F)c1)c1cccc(Cl)c1Cl. The largest absolute Gasteiger partial charge is 0.294 e. The molecule has 0 atom stereocenters. The Morgan fingerprint density at radius 1 is 1.11 bits per heavy atom. The smallest absolute Gasteiger partial charge is 0.164 e. The van der Waals surface area contributed by atoms with Crippen LogP contribution in [0.25, 0.3) is 0 Å². The van der Waals surface area contributed by atoms with Crippen LogP contribution >= 0.6 is 23.2 Å². The molecule has 0 unspecified atom stereocenters. The number of aryl methyl sites for hydroxylation is 1. The van der Waals surface area contributed by atoms with Crippen LogP contribution in [0.1, 0.15) is 22.3 Å². The van der Waals surface area contributed by atoms with Gasteiger partial charge in [0.2, 0.25) is 0 Å². The molecule has 0 saturated heterocycles. The van der Waals surface area contributed by atoms with Gasteiger partial charge in [-0.05, 0) is 36.2 Å². The van der Waals surface area contributed by atoms with Gasteiger partial charge in [-0.3, -0.25) is 4.79 Å². The molecule has 4 heteroatoms. The summed E-state index contributed by atoms with van der Waals surface area (Å²) in [6, 6.07) is 11.2. The number of Topliss-reactive ketones (excluding diaryl/α,β-unsaturated/α-hetero) is 1. The van der Waals surface area contributed by atoms with Gasteiger partial charge in [0.1, 0.15) is 5.82 Å². The molecule has 0 fully saturated rings. The molecule has 0 aromatic heterocycles. The Labute approximate surface area is 121 Å². The minimum absolute atomic E-state index is 0.100. The Hall–Kier alpha value is -1.38. The van der Waals surface area contributed by atoms with Crippen LogP contribution in [0.3, 0.4) is 0 Å². The highest BCUT2D eigenvalue weighted by Gasteiger charge is 2.12. The van der Waals surface area contributed by atoms with Crippen molar-refractivity contribution in [3.05, 3.63) is 69.5 Å². The molecule has 0 radical (unpaired) electrons. The molecule has 0 aliphatic carbocycles. The lowest BCUT2D eigenvalue weighted by Gasteiger charge is -2.05. The van der Waals surface area contributed by atoms with Crippen molar-refractivity contribution < 1.29 is 9.18 Å². The quantitative estimate of drug-likeness (QED) is 0.730. The normalized spacial score (nSPS) is 10.5. The number of carbonyl (C=O) groups is 1. The van der Waals surface area contributed by atoms with Crippen molar-refractivity contribution >= 4 is 29.0 Å². The first kappa shape index (κ1) is 14.0. The predicted molar refractivity (Wildman–Crippen MR) is 75.5 cm³/mol. The Balaban J connectivity index is 2.08. The monoisotopic (exact) mass is 296 g/mol. The van der Waals surface area contributed by atoms with Crippen molar-refractivity contribution in [2.24, 2.45) is 0 Å². The van der Waals surface area contributed by atoms with Crippen LogP contribution in [0.15, 0.2) is 42.5 Å². The van der Waals surface area contributed by atoms with Gasteiger partial charge in [0.15, 0.2) is 5.78 Å². The molecule has 0 saturated carbocycles. The third-order valence-electron chi connectivity index (χ3n) is 2.78. The third-order valence-corrected chi connectivity index (χ3v) is 3.60. The maximum Gasteiger partial charge on any atom is 0.164 e. The fourth-order valence-electron chi connectivity index (χ4n) is 1.80. The van der Waals surface area contributed by atoms with Crippen molar-refractivity contribution in [2.45, 2.75) is 12.8 Å². The first-order valence-electron chi connectivity index (χ1n) is 5.79. The summed E-state index contributed by atoms with van der Waals surface area (Å²) < 4.78 is 13.0. The van der Waals surface area contributed by atoms with Crippen LogP contribution in [0.2, 0.25) is 10.0 Å². The molecule has 0 spiro atoms. The van der Waals surface area contributed by atoms with Crippen LogP contribution in [0.4, 0.5) is 4.39 Å². The number of benzene rings is 2. The summed E-state index contributed by atoms with van der Waals surface area (Å²) in [6.45, 7) is 0. The zero-order chi connectivity index (χ0) is 13.8. The van der Waals surface area contributed by atoms with E-state index in [0.717, 1.165) is 5.56 Å². The maximum absolute atomic E-state index is 13.0. The fourth-order valence-corrected chi connectivity index (χ4v) is 2.21. The molecule has 0 N–H and O–H groups in total. The van der Waals surface area contributed by atoms with E-state index >= 15 is 0 Å². The van der Waals surface area contributed by atoms with Crippen molar-refractivity contribution in [2.75, 3.05) is 0 Å². The Kier molecular flexibility index (Phi) is 4.56. The molecule has 0 amide bonds. The second-order valence-corrected chi connectivity index (χ2v) is 4.94. The summed E-state index contributed by atoms with van der Waals surface area (Å²) in [5.41, 5.74) is 1.19. The summed E-state index contributed by atoms with van der Waals surface area (Å²) in [5.74, 6) is -0.400. The number of ketones is 1. The average molecular weight is 297 g/mol. The van der Waals surface area contributed by atoms with E-state index in [-0.39, 0.29) is 23.0 Å². The molecule has 2 aromatic rings. The highest BCUT2D eigenvalue weighted by Crippen LogP contribution is 2.26. The Morgan fingerprint density at radius 2 is 1.84 bits per heavy atom. The van der Waals surface area contributed by atoms with E-state index in [4.69, 9.17) is 23.2 Å². The van der Waals surface area contributed by atoms with Crippen molar-refractivity contribution in [3.63, 3.8) is 0 Å². The highest BCUT2D eigenvalue weighted by atomic mass is 35.5. The Bertz CT molecular complexity index is 611. The van der Waals surface area contributed by atoms with Crippen molar-refractivity contribution in [1.82, 2.24) is 0 Å². The lowest BCUT2D eigenvalue weighted by atomic mass is 10.0.